The first-order valence-electron chi connectivity index (χ1n) is 5.90. The van der Waals surface area contributed by atoms with Crippen LogP contribution in [-0.4, -0.2) is 22.9 Å². The minimum Gasteiger partial charge on any atom is -0.497 e. The molecule has 0 saturated carbocycles. The number of H-pyrrole nitrogens is 1. The Morgan fingerprint density at radius 3 is 2.89 bits per heavy atom. The van der Waals surface area contributed by atoms with E-state index in [1.54, 1.807) is 31.5 Å². The van der Waals surface area contributed by atoms with E-state index < -0.39 is 0 Å². The Bertz CT molecular complexity index is 713. The van der Waals surface area contributed by atoms with Gasteiger partial charge in [0.25, 0.3) is 0 Å². The first-order chi connectivity index (χ1) is 9.28. The Balaban J connectivity index is 2.02. The van der Waals surface area contributed by atoms with Gasteiger partial charge in [-0.25, -0.2) is 4.98 Å². The molecule has 0 aliphatic heterocycles. The first kappa shape index (κ1) is 11.5. The van der Waals surface area contributed by atoms with Crippen molar-refractivity contribution in [1.29, 1.82) is 0 Å². The molecule has 0 aliphatic rings. The molecule has 0 radical (unpaired) electrons. The Labute approximate surface area is 110 Å². The fraction of sp³-hybridized carbons (Fsp3) is 0.0667. The fourth-order valence-electron chi connectivity index (χ4n) is 2.00. The lowest BCUT2D eigenvalue weighted by atomic mass is 10.1. The van der Waals surface area contributed by atoms with Gasteiger partial charge in [0.15, 0.2) is 0 Å². The molecule has 2 heterocycles. The summed E-state index contributed by atoms with van der Waals surface area (Å²) in [7, 11) is 1.58. The number of fused-ring (bicyclic) bond motifs is 1. The van der Waals surface area contributed by atoms with Crippen molar-refractivity contribution in [2.24, 2.45) is 0 Å². The lowest BCUT2D eigenvalue weighted by Gasteiger charge is -2.02. The predicted molar refractivity (Wildman–Crippen MR) is 72.5 cm³/mol. The van der Waals surface area contributed by atoms with Crippen molar-refractivity contribution in [1.82, 2.24) is 9.97 Å². The normalized spacial score (nSPS) is 10.6. The summed E-state index contributed by atoms with van der Waals surface area (Å²) in [5.74, 6) is 0.594. The standard InChI is InChI=1S/C15H12N2O2/c1-19-12-6-2-4-10(8-12)14(18)13-9-11-5-3-7-16-15(11)17-13/h2-9H,1H3,(H,16,17). The van der Waals surface area contributed by atoms with Gasteiger partial charge in [0.2, 0.25) is 5.78 Å². The minimum atomic E-state index is -0.0723. The molecule has 1 N–H and O–H groups in total. The molecule has 0 spiro atoms. The first-order valence-corrected chi connectivity index (χ1v) is 5.90. The molecule has 0 bridgehead atoms. The molecule has 1 aromatic carbocycles. The van der Waals surface area contributed by atoms with E-state index >= 15 is 0 Å². The van der Waals surface area contributed by atoms with Crippen molar-refractivity contribution in [3.05, 3.63) is 59.9 Å². The number of ether oxygens (including phenoxy) is 1. The number of carbonyl (C=O) groups is 1. The van der Waals surface area contributed by atoms with Crippen LogP contribution in [0.15, 0.2) is 48.7 Å². The van der Waals surface area contributed by atoms with Gasteiger partial charge >= 0.3 is 0 Å². The van der Waals surface area contributed by atoms with E-state index in [0.29, 0.717) is 22.7 Å². The zero-order valence-corrected chi connectivity index (χ0v) is 10.4. The average Bonchev–Trinajstić information content (AvgIpc) is 2.90. The lowest BCUT2D eigenvalue weighted by molar-refractivity contribution is 0.103. The number of hydrogen-bond donors (Lipinski definition) is 1. The van der Waals surface area contributed by atoms with Crippen LogP contribution >= 0.6 is 0 Å². The number of rotatable bonds is 3. The number of aromatic amines is 1. The van der Waals surface area contributed by atoms with E-state index in [1.165, 1.54) is 0 Å². The van der Waals surface area contributed by atoms with Gasteiger partial charge in [-0.05, 0) is 30.3 Å². The SMILES string of the molecule is COc1cccc(C(=O)c2cc3cccnc3[nH]2)c1. The van der Waals surface area contributed by atoms with Crippen LogP contribution in [0, 0.1) is 0 Å². The Hall–Kier alpha value is -2.62. The number of carbonyl (C=O) groups excluding carboxylic acids is 1. The number of ketones is 1. The van der Waals surface area contributed by atoms with Crippen molar-refractivity contribution >= 4 is 16.8 Å². The van der Waals surface area contributed by atoms with Gasteiger partial charge in [0.1, 0.15) is 11.4 Å². The summed E-state index contributed by atoms with van der Waals surface area (Å²) < 4.78 is 5.13. The molecule has 0 aliphatic carbocycles. The molecular formula is C15H12N2O2. The summed E-state index contributed by atoms with van der Waals surface area (Å²) >= 11 is 0. The third-order valence-corrected chi connectivity index (χ3v) is 2.97. The molecule has 0 amide bonds. The highest BCUT2D eigenvalue weighted by atomic mass is 16.5. The third-order valence-electron chi connectivity index (χ3n) is 2.97. The highest BCUT2D eigenvalue weighted by molar-refractivity contribution is 6.10. The number of nitrogens with one attached hydrogen (secondary N) is 1. The Morgan fingerprint density at radius 2 is 2.11 bits per heavy atom. The highest BCUT2D eigenvalue weighted by Gasteiger charge is 2.12. The van der Waals surface area contributed by atoms with Crippen LogP contribution in [0.1, 0.15) is 16.1 Å². The zero-order chi connectivity index (χ0) is 13.2. The summed E-state index contributed by atoms with van der Waals surface area (Å²) in [6.07, 6.45) is 1.69. The molecule has 2 aromatic heterocycles. The molecule has 3 aromatic rings. The van der Waals surface area contributed by atoms with Crippen LogP contribution in [-0.2, 0) is 0 Å². The third kappa shape index (κ3) is 2.08. The molecule has 19 heavy (non-hydrogen) atoms. The molecule has 0 atom stereocenters. The van der Waals surface area contributed by atoms with Gasteiger partial charge in [-0.1, -0.05) is 12.1 Å². The van der Waals surface area contributed by atoms with Crippen LogP contribution in [0.4, 0.5) is 0 Å². The van der Waals surface area contributed by atoms with Gasteiger partial charge < -0.3 is 9.72 Å². The summed E-state index contributed by atoms with van der Waals surface area (Å²) in [4.78, 5) is 19.6. The van der Waals surface area contributed by atoms with Crippen LogP contribution in [0.5, 0.6) is 5.75 Å². The molecule has 0 fully saturated rings. The molecular weight excluding hydrogens is 240 g/mol. The molecule has 0 unspecified atom stereocenters. The zero-order valence-electron chi connectivity index (χ0n) is 10.4. The van der Waals surface area contributed by atoms with Gasteiger partial charge in [0.05, 0.1) is 12.8 Å². The summed E-state index contributed by atoms with van der Waals surface area (Å²) in [6.45, 7) is 0. The second-order valence-electron chi connectivity index (χ2n) is 4.19. The molecule has 94 valence electrons. The summed E-state index contributed by atoms with van der Waals surface area (Å²) in [5.41, 5.74) is 1.83. The minimum absolute atomic E-state index is 0.0723. The van der Waals surface area contributed by atoms with Crippen molar-refractivity contribution in [2.75, 3.05) is 7.11 Å². The monoisotopic (exact) mass is 252 g/mol. The Kier molecular flexibility index (Phi) is 2.76. The van der Waals surface area contributed by atoms with Crippen molar-refractivity contribution in [3.63, 3.8) is 0 Å². The number of benzene rings is 1. The van der Waals surface area contributed by atoms with E-state index in [0.717, 1.165) is 5.39 Å². The second kappa shape index (κ2) is 4.57. The average molecular weight is 252 g/mol. The summed E-state index contributed by atoms with van der Waals surface area (Å²) in [5, 5.41) is 0.925. The fourth-order valence-corrected chi connectivity index (χ4v) is 2.00. The van der Waals surface area contributed by atoms with E-state index in [2.05, 4.69) is 9.97 Å². The Morgan fingerprint density at radius 1 is 1.21 bits per heavy atom. The molecule has 4 heteroatoms. The van der Waals surface area contributed by atoms with Crippen LogP contribution in [0.2, 0.25) is 0 Å². The maximum atomic E-state index is 12.4. The number of hydrogen-bond acceptors (Lipinski definition) is 3. The topological polar surface area (TPSA) is 55.0 Å². The largest absolute Gasteiger partial charge is 0.497 e. The van der Waals surface area contributed by atoms with E-state index in [4.69, 9.17) is 4.74 Å². The molecule has 0 saturated heterocycles. The van der Waals surface area contributed by atoms with Crippen molar-refractivity contribution in [2.45, 2.75) is 0 Å². The van der Waals surface area contributed by atoms with Crippen molar-refractivity contribution in [3.8, 4) is 5.75 Å². The quantitative estimate of drug-likeness (QED) is 0.729. The van der Waals surface area contributed by atoms with Crippen molar-refractivity contribution < 1.29 is 9.53 Å². The number of methoxy groups -OCH3 is 1. The van der Waals surface area contributed by atoms with Crippen LogP contribution in [0.3, 0.4) is 0 Å². The van der Waals surface area contributed by atoms with Crippen LogP contribution in [0.25, 0.3) is 11.0 Å². The van der Waals surface area contributed by atoms with Gasteiger partial charge in [-0.15, -0.1) is 0 Å². The smallest absolute Gasteiger partial charge is 0.209 e. The molecule has 3 rings (SSSR count). The maximum Gasteiger partial charge on any atom is 0.209 e. The second-order valence-corrected chi connectivity index (χ2v) is 4.19. The summed E-state index contributed by atoms with van der Waals surface area (Å²) in [6, 6.07) is 12.7. The maximum absolute atomic E-state index is 12.4. The number of pyridine rings is 1. The van der Waals surface area contributed by atoms with E-state index in [1.807, 2.05) is 24.3 Å². The molecule has 4 nitrogen and oxygen atoms in total. The lowest BCUT2D eigenvalue weighted by Crippen LogP contribution is -2.01. The highest BCUT2D eigenvalue weighted by Crippen LogP contribution is 2.18. The number of aromatic nitrogens is 2. The van der Waals surface area contributed by atoms with Gasteiger partial charge in [-0.2, -0.15) is 0 Å². The van der Waals surface area contributed by atoms with E-state index in [9.17, 15) is 4.79 Å². The van der Waals surface area contributed by atoms with Gasteiger partial charge in [-0.3, -0.25) is 4.79 Å². The predicted octanol–water partition coefficient (Wildman–Crippen LogP) is 2.80. The van der Waals surface area contributed by atoms with E-state index in [-0.39, 0.29) is 5.78 Å². The van der Waals surface area contributed by atoms with Gasteiger partial charge in [0, 0.05) is 17.1 Å². The van der Waals surface area contributed by atoms with Crippen LogP contribution < -0.4 is 4.74 Å². The number of nitrogens with zero attached hydrogens (tertiary/aromatic N) is 1.